The van der Waals surface area contributed by atoms with Crippen LogP contribution in [0.1, 0.15) is 54.7 Å². The first-order chi connectivity index (χ1) is 20.9. The Labute approximate surface area is 254 Å². The minimum absolute atomic E-state index is 0.00967. The standard InChI is InChI=1S/C31H37FN4O8/c1-31(2,3)44-30(41)34-24-9-4-18-16-19(5-7-21(18)24)33-27(38)25(37)26-29(40)36(12-15-43-26)20-6-8-23(32)22(17-20)28(39)35-10-13-42-14-11-35/h5-8,16-17,24-26,37H,4,9-15H2,1-3H3,(H,33,38)(H,34,41)/t24-,25+,26+/m0/s1. The van der Waals surface area contributed by atoms with Gasteiger partial charge in [-0.3, -0.25) is 14.4 Å². The van der Waals surface area contributed by atoms with E-state index in [0.29, 0.717) is 44.8 Å². The van der Waals surface area contributed by atoms with Crippen molar-refractivity contribution in [1.29, 1.82) is 0 Å². The number of fused-ring (bicyclic) bond motifs is 1. The highest BCUT2D eigenvalue weighted by molar-refractivity contribution is 6.04. The van der Waals surface area contributed by atoms with E-state index in [-0.39, 0.29) is 30.4 Å². The van der Waals surface area contributed by atoms with Gasteiger partial charge in [-0.25, -0.2) is 9.18 Å². The molecular formula is C31H37FN4O8. The predicted octanol–water partition coefficient (Wildman–Crippen LogP) is 2.54. The van der Waals surface area contributed by atoms with Crippen LogP contribution < -0.4 is 15.5 Å². The van der Waals surface area contributed by atoms with Crippen molar-refractivity contribution in [3.05, 3.63) is 58.9 Å². The monoisotopic (exact) mass is 612 g/mol. The van der Waals surface area contributed by atoms with Crippen LogP contribution in [0.15, 0.2) is 36.4 Å². The molecule has 13 heteroatoms. The quantitative estimate of drug-likeness (QED) is 0.451. The number of halogens is 1. The van der Waals surface area contributed by atoms with Crippen LogP contribution in [0, 0.1) is 5.82 Å². The molecule has 2 heterocycles. The summed E-state index contributed by atoms with van der Waals surface area (Å²) in [4.78, 5) is 54.3. The number of nitrogens with one attached hydrogen (secondary N) is 2. The number of aliphatic hydroxyl groups is 1. The van der Waals surface area contributed by atoms with E-state index in [2.05, 4.69) is 10.6 Å². The van der Waals surface area contributed by atoms with Crippen LogP contribution in [0.5, 0.6) is 0 Å². The van der Waals surface area contributed by atoms with Crippen molar-refractivity contribution in [2.45, 2.75) is 57.5 Å². The van der Waals surface area contributed by atoms with E-state index in [4.69, 9.17) is 14.2 Å². The van der Waals surface area contributed by atoms with E-state index in [1.807, 2.05) is 0 Å². The Bertz CT molecular complexity index is 1440. The van der Waals surface area contributed by atoms with Crippen LogP contribution >= 0.6 is 0 Å². The smallest absolute Gasteiger partial charge is 0.408 e. The number of ether oxygens (including phenoxy) is 3. The third-order valence-electron chi connectivity index (χ3n) is 7.65. The molecule has 0 radical (unpaired) electrons. The number of aryl methyl sites for hydroxylation is 1. The van der Waals surface area contributed by atoms with Gasteiger partial charge in [0, 0.05) is 31.0 Å². The first kappa shape index (κ1) is 31.4. The summed E-state index contributed by atoms with van der Waals surface area (Å²) in [5, 5.41) is 16.4. The van der Waals surface area contributed by atoms with Crippen molar-refractivity contribution >= 4 is 35.2 Å². The van der Waals surface area contributed by atoms with Crippen LogP contribution in [0.3, 0.4) is 0 Å². The summed E-state index contributed by atoms with van der Waals surface area (Å²) >= 11 is 0. The second kappa shape index (κ2) is 12.9. The summed E-state index contributed by atoms with van der Waals surface area (Å²) in [6, 6.07) is 8.76. The van der Waals surface area contributed by atoms with Crippen molar-refractivity contribution in [2.75, 3.05) is 49.7 Å². The van der Waals surface area contributed by atoms with Gasteiger partial charge in [0.1, 0.15) is 11.4 Å². The van der Waals surface area contributed by atoms with E-state index in [1.54, 1.807) is 39.0 Å². The third-order valence-corrected chi connectivity index (χ3v) is 7.65. The average Bonchev–Trinajstić information content (AvgIpc) is 3.37. The molecule has 0 unspecified atom stereocenters. The second-order valence-electron chi connectivity index (χ2n) is 11.9. The van der Waals surface area contributed by atoms with E-state index < -0.39 is 47.4 Å². The van der Waals surface area contributed by atoms with Crippen LogP contribution in [0.4, 0.5) is 20.6 Å². The number of nitrogens with zero attached hydrogens (tertiary/aromatic N) is 2. The van der Waals surface area contributed by atoms with Gasteiger partial charge in [0.2, 0.25) is 0 Å². The van der Waals surface area contributed by atoms with Gasteiger partial charge in [-0.1, -0.05) is 6.07 Å². The van der Waals surface area contributed by atoms with E-state index in [0.717, 1.165) is 17.2 Å². The molecule has 12 nitrogen and oxygen atoms in total. The largest absolute Gasteiger partial charge is 0.444 e. The maximum Gasteiger partial charge on any atom is 0.408 e. The number of benzene rings is 2. The lowest BCUT2D eigenvalue weighted by Gasteiger charge is -2.34. The molecule has 2 aromatic carbocycles. The highest BCUT2D eigenvalue weighted by Crippen LogP contribution is 2.33. The SMILES string of the molecule is CC(C)(C)OC(=O)N[C@H]1CCc2cc(NC(=O)[C@H](O)[C@H]3OCCN(c4ccc(F)c(C(=O)N5CCOCC5)c4)C3=O)ccc21. The number of alkyl carbamates (subject to hydrolysis) is 1. The number of rotatable bonds is 6. The van der Waals surface area contributed by atoms with Gasteiger partial charge in [-0.15, -0.1) is 0 Å². The molecule has 3 aliphatic rings. The Kier molecular flexibility index (Phi) is 9.18. The van der Waals surface area contributed by atoms with Gasteiger partial charge in [0.25, 0.3) is 17.7 Å². The molecule has 5 rings (SSSR count). The molecule has 2 aliphatic heterocycles. The highest BCUT2D eigenvalue weighted by atomic mass is 19.1. The molecule has 0 saturated carbocycles. The zero-order valence-electron chi connectivity index (χ0n) is 24.9. The van der Waals surface area contributed by atoms with Gasteiger partial charge in [-0.05, 0) is 75.1 Å². The molecule has 3 atom stereocenters. The van der Waals surface area contributed by atoms with Crippen LogP contribution in [-0.2, 0) is 30.2 Å². The first-order valence-corrected chi connectivity index (χ1v) is 14.6. The molecule has 44 heavy (non-hydrogen) atoms. The molecule has 236 valence electrons. The molecule has 1 aliphatic carbocycles. The maximum absolute atomic E-state index is 14.7. The minimum Gasteiger partial charge on any atom is -0.444 e. The van der Waals surface area contributed by atoms with Gasteiger partial charge >= 0.3 is 6.09 Å². The molecule has 3 N–H and O–H groups in total. The van der Waals surface area contributed by atoms with E-state index in [9.17, 15) is 28.7 Å². The highest BCUT2D eigenvalue weighted by Gasteiger charge is 2.40. The van der Waals surface area contributed by atoms with Crippen molar-refractivity contribution in [3.8, 4) is 0 Å². The number of aliphatic hydroxyl groups excluding tert-OH is 1. The molecule has 0 spiro atoms. The molecule has 0 bridgehead atoms. The fraction of sp³-hybridized carbons (Fsp3) is 0.484. The Hall–Kier alpha value is -4.07. The molecule has 4 amide bonds. The van der Waals surface area contributed by atoms with E-state index in [1.165, 1.54) is 21.9 Å². The van der Waals surface area contributed by atoms with Gasteiger partial charge in [-0.2, -0.15) is 0 Å². The molecule has 0 aromatic heterocycles. The summed E-state index contributed by atoms with van der Waals surface area (Å²) in [6.07, 6.45) is -2.53. The van der Waals surface area contributed by atoms with Crippen LogP contribution in [0.2, 0.25) is 0 Å². The molecule has 2 fully saturated rings. The summed E-state index contributed by atoms with van der Waals surface area (Å²) < 4.78 is 30.8. The van der Waals surface area contributed by atoms with Crippen LogP contribution in [0.25, 0.3) is 0 Å². The average molecular weight is 613 g/mol. The number of hydrogen-bond donors (Lipinski definition) is 3. The molecule has 2 aromatic rings. The number of anilines is 2. The fourth-order valence-electron chi connectivity index (χ4n) is 5.52. The van der Waals surface area contributed by atoms with Gasteiger partial charge in [0.05, 0.1) is 31.4 Å². The Morgan fingerprint density at radius 1 is 1.07 bits per heavy atom. The normalized spacial score (nSPS) is 21.0. The summed E-state index contributed by atoms with van der Waals surface area (Å²) in [5.74, 6) is -2.76. The van der Waals surface area contributed by atoms with Crippen molar-refractivity contribution in [1.82, 2.24) is 10.2 Å². The van der Waals surface area contributed by atoms with Gasteiger partial charge in [0.15, 0.2) is 12.2 Å². The zero-order valence-corrected chi connectivity index (χ0v) is 24.9. The predicted molar refractivity (Wildman–Crippen MR) is 157 cm³/mol. The lowest BCUT2D eigenvalue weighted by atomic mass is 10.1. The third kappa shape index (κ3) is 7.01. The first-order valence-electron chi connectivity index (χ1n) is 14.6. The molecule has 2 saturated heterocycles. The number of amides is 4. The lowest BCUT2D eigenvalue weighted by molar-refractivity contribution is -0.150. The second-order valence-corrected chi connectivity index (χ2v) is 11.9. The number of hydrogen-bond acceptors (Lipinski definition) is 8. The van der Waals surface area contributed by atoms with Crippen molar-refractivity contribution < 1.29 is 42.9 Å². The Morgan fingerprint density at radius 3 is 2.55 bits per heavy atom. The fourth-order valence-corrected chi connectivity index (χ4v) is 5.52. The minimum atomic E-state index is -1.84. The van der Waals surface area contributed by atoms with Crippen molar-refractivity contribution in [2.24, 2.45) is 0 Å². The summed E-state index contributed by atoms with van der Waals surface area (Å²) in [6.45, 7) is 6.83. The number of carbonyl (C=O) groups excluding carboxylic acids is 4. The topological polar surface area (TPSA) is 147 Å². The summed E-state index contributed by atoms with van der Waals surface area (Å²) in [5.41, 5.74) is 1.69. The van der Waals surface area contributed by atoms with E-state index >= 15 is 0 Å². The maximum atomic E-state index is 14.7. The Balaban J connectivity index is 1.23. The number of morpholine rings is 2. The lowest BCUT2D eigenvalue weighted by Crippen LogP contribution is -2.55. The zero-order chi connectivity index (χ0) is 31.6. The summed E-state index contributed by atoms with van der Waals surface area (Å²) in [7, 11) is 0. The van der Waals surface area contributed by atoms with Gasteiger partial charge < -0.3 is 39.8 Å². The Morgan fingerprint density at radius 2 is 1.82 bits per heavy atom. The van der Waals surface area contributed by atoms with Crippen molar-refractivity contribution in [3.63, 3.8) is 0 Å². The van der Waals surface area contributed by atoms with Crippen LogP contribution in [-0.4, -0.2) is 91.1 Å². The number of carbonyl (C=O) groups is 4. The molecular weight excluding hydrogens is 575 g/mol.